The van der Waals surface area contributed by atoms with Crippen LogP contribution in [-0.4, -0.2) is 50.3 Å². The highest BCUT2D eigenvalue weighted by molar-refractivity contribution is 7.99. The molecule has 2 N–H and O–H groups in total. The third kappa shape index (κ3) is 4.91. The number of thioether (sulfide) groups is 1. The molecule has 1 saturated heterocycles. The molecule has 1 aliphatic heterocycles. The molecule has 0 aliphatic carbocycles. The van der Waals surface area contributed by atoms with Crippen LogP contribution in [0.15, 0.2) is 59.8 Å². The van der Waals surface area contributed by atoms with Crippen molar-refractivity contribution in [1.29, 1.82) is 0 Å². The van der Waals surface area contributed by atoms with Gasteiger partial charge in [0.25, 0.3) is 0 Å². The molecule has 9 heteroatoms. The summed E-state index contributed by atoms with van der Waals surface area (Å²) in [6, 6.07) is 17.2. The number of aromatic nitrogens is 3. The minimum absolute atomic E-state index is 0.0356. The van der Waals surface area contributed by atoms with Gasteiger partial charge in [-0.1, -0.05) is 41.6 Å². The topological polar surface area (TPSA) is 94.1 Å². The Morgan fingerprint density at radius 2 is 1.84 bits per heavy atom. The van der Waals surface area contributed by atoms with Gasteiger partial charge in [0.05, 0.1) is 11.7 Å². The fraction of sp³-hybridized carbons (Fsp3) is 0.273. The lowest BCUT2D eigenvalue weighted by molar-refractivity contribution is -0.132. The number of amides is 2. The molecule has 0 bridgehead atoms. The van der Waals surface area contributed by atoms with Crippen molar-refractivity contribution in [2.75, 3.05) is 18.8 Å². The van der Waals surface area contributed by atoms with Gasteiger partial charge in [0.15, 0.2) is 11.0 Å². The smallest absolute Gasteiger partial charge is 0.233 e. The summed E-state index contributed by atoms with van der Waals surface area (Å²) < 4.78 is 1.93. The number of nitrogens with zero attached hydrogens (tertiary/aromatic N) is 4. The second-order valence-corrected chi connectivity index (χ2v) is 8.73. The maximum absolute atomic E-state index is 12.8. The van der Waals surface area contributed by atoms with Crippen molar-refractivity contribution in [2.24, 2.45) is 11.7 Å². The van der Waals surface area contributed by atoms with E-state index in [1.807, 2.05) is 59.2 Å². The minimum atomic E-state index is -0.346. The SMILES string of the molecule is NC(=O)C1CCCN(C(=O)CSc2nnc(-c3ccc(Cl)cc3)n2-c2ccccc2)C1. The van der Waals surface area contributed by atoms with E-state index in [4.69, 9.17) is 17.3 Å². The van der Waals surface area contributed by atoms with Crippen molar-refractivity contribution in [3.63, 3.8) is 0 Å². The maximum atomic E-state index is 12.8. The van der Waals surface area contributed by atoms with E-state index in [9.17, 15) is 9.59 Å². The first kappa shape index (κ1) is 21.4. The first-order valence-corrected chi connectivity index (χ1v) is 11.4. The third-order valence-corrected chi connectivity index (χ3v) is 6.42. The summed E-state index contributed by atoms with van der Waals surface area (Å²) >= 11 is 7.36. The molecule has 1 fully saturated rings. The number of carbonyl (C=O) groups is 2. The number of hydrogen-bond acceptors (Lipinski definition) is 5. The number of rotatable bonds is 6. The minimum Gasteiger partial charge on any atom is -0.369 e. The number of piperidine rings is 1. The van der Waals surface area contributed by atoms with Gasteiger partial charge in [-0.15, -0.1) is 10.2 Å². The highest BCUT2D eigenvalue weighted by Gasteiger charge is 2.27. The molecule has 3 aromatic rings. The first-order chi connectivity index (χ1) is 15.0. The number of primary amides is 1. The van der Waals surface area contributed by atoms with Gasteiger partial charge in [-0.3, -0.25) is 14.2 Å². The Morgan fingerprint density at radius 1 is 1.10 bits per heavy atom. The lowest BCUT2D eigenvalue weighted by atomic mass is 9.97. The summed E-state index contributed by atoms with van der Waals surface area (Å²) in [6.07, 6.45) is 1.52. The molecular weight excluding hydrogens is 434 g/mol. The molecule has 2 aromatic carbocycles. The maximum Gasteiger partial charge on any atom is 0.233 e. The van der Waals surface area contributed by atoms with Gasteiger partial charge in [-0.05, 0) is 49.2 Å². The van der Waals surface area contributed by atoms with E-state index in [-0.39, 0.29) is 23.5 Å². The van der Waals surface area contributed by atoms with Crippen LogP contribution < -0.4 is 5.73 Å². The Balaban J connectivity index is 1.56. The van der Waals surface area contributed by atoms with Crippen molar-refractivity contribution in [1.82, 2.24) is 19.7 Å². The molecule has 0 spiro atoms. The molecule has 1 atom stereocenters. The van der Waals surface area contributed by atoms with E-state index in [1.165, 1.54) is 11.8 Å². The second kappa shape index (κ2) is 9.53. The van der Waals surface area contributed by atoms with E-state index in [1.54, 1.807) is 4.90 Å². The molecule has 2 amide bonds. The monoisotopic (exact) mass is 455 g/mol. The van der Waals surface area contributed by atoms with Gasteiger partial charge in [0, 0.05) is 29.4 Å². The Bertz CT molecular complexity index is 1070. The van der Waals surface area contributed by atoms with Crippen LogP contribution in [0.5, 0.6) is 0 Å². The standard InChI is InChI=1S/C22H22ClN5O2S/c23-17-10-8-15(9-11-17)21-25-26-22(28(21)18-6-2-1-3-7-18)31-14-19(29)27-12-4-5-16(13-27)20(24)30/h1-3,6-11,16H,4-5,12-14H2,(H2,24,30). The molecule has 0 saturated carbocycles. The molecule has 1 aliphatic rings. The summed E-state index contributed by atoms with van der Waals surface area (Å²) in [7, 11) is 0. The van der Waals surface area contributed by atoms with Crippen LogP contribution in [-0.2, 0) is 9.59 Å². The molecule has 160 valence electrons. The summed E-state index contributed by atoms with van der Waals surface area (Å²) in [6.45, 7) is 1.03. The molecule has 0 radical (unpaired) electrons. The molecule has 31 heavy (non-hydrogen) atoms. The van der Waals surface area contributed by atoms with Crippen molar-refractivity contribution in [2.45, 2.75) is 18.0 Å². The van der Waals surface area contributed by atoms with E-state index in [0.29, 0.717) is 29.1 Å². The number of para-hydroxylation sites is 1. The first-order valence-electron chi connectivity index (χ1n) is 9.99. The highest BCUT2D eigenvalue weighted by Crippen LogP contribution is 2.29. The van der Waals surface area contributed by atoms with Crippen LogP contribution in [0.1, 0.15) is 12.8 Å². The van der Waals surface area contributed by atoms with E-state index in [2.05, 4.69) is 10.2 Å². The lowest BCUT2D eigenvalue weighted by Crippen LogP contribution is -2.44. The van der Waals surface area contributed by atoms with Gasteiger partial charge in [-0.2, -0.15) is 0 Å². The van der Waals surface area contributed by atoms with Crippen LogP contribution >= 0.6 is 23.4 Å². The fourth-order valence-electron chi connectivity index (χ4n) is 3.61. The van der Waals surface area contributed by atoms with Gasteiger partial charge in [0.1, 0.15) is 0 Å². The number of nitrogens with two attached hydrogens (primary N) is 1. The zero-order chi connectivity index (χ0) is 21.8. The molecular formula is C22H22ClN5O2S. The lowest BCUT2D eigenvalue weighted by Gasteiger charge is -2.31. The summed E-state index contributed by atoms with van der Waals surface area (Å²) in [5.74, 6) is 0.224. The predicted molar refractivity (Wildman–Crippen MR) is 121 cm³/mol. The average molecular weight is 456 g/mol. The number of hydrogen-bond donors (Lipinski definition) is 1. The molecule has 2 heterocycles. The van der Waals surface area contributed by atoms with E-state index < -0.39 is 0 Å². The Labute approximate surface area is 189 Å². The molecule has 1 unspecified atom stereocenters. The van der Waals surface area contributed by atoms with Crippen LogP contribution in [0.25, 0.3) is 17.1 Å². The molecule has 7 nitrogen and oxygen atoms in total. The Hall–Kier alpha value is -2.84. The fourth-order valence-corrected chi connectivity index (χ4v) is 4.59. The summed E-state index contributed by atoms with van der Waals surface area (Å²) in [5, 5.41) is 9.99. The van der Waals surface area contributed by atoms with Crippen LogP contribution in [0.4, 0.5) is 0 Å². The number of likely N-dealkylation sites (tertiary alicyclic amines) is 1. The largest absolute Gasteiger partial charge is 0.369 e. The van der Waals surface area contributed by atoms with Gasteiger partial charge in [-0.25, -0.2) is 0 Å². The van der Waals surface area contributed by atoms with Gasteiger partial charge in [0.2, 0.25) is 11.8 Å². The van der Waals surface area contributed by atoms with Crippen molar-refractivity contribution in [3.05, 3.63) is 59.6 Å². The quantitative estimate of drug-likeness (QED) is 0.575. The molecule has 4 rings (SSSR count). The Morgan fingerprint density at radius 3 is 2.55 bits per heavy atom. The van der Waals surface area contributed by atoms with Crippen molar-refractivity contribution in [3.8, 4) is 17.1 Å². The van der Waals surface area contributed by atoms with E-state index >= 15 is 0 Å². The molecule has 1 aromatic heterocycles. The van der Waals surface area contributed by atoms with Crippen molar-refractivity contribution < 1.29 is 9.59 Å². The van der Waals surface area contributed by atoms with Crippen LogP contribution in [0, 0.1) is 5.92 Å². The van der Waals surface area contributed by atoms with E-state index in [0.717, 1.165) is 24.1 Å². The zero-order valence-corrected chi connectivity index (χ0v) is 18.4. The number of halogens is 1. The van der Waals surface area contributed by atoms with Crippen LogP contribution in [0.2, 0.25) is 5.02 Å². The normalized spacial score (nSPS) is 16.3. The number of benzene rings is 2. The Kier molecular flexibility index (Phi) is 6.58. The third-order valence-electron chi connectivity index (χ3n) is 5.25. The highest BCUT2D eigenvalue weighted by atomic mass is 35.5. The zero-order valence-electron chi connectivity index (χ0n) is 16.8. The van der Waals surface area contributed by atoms with Crippen molar-refractivity contribution >= 4 is 35.2 Å². The average Bonchev–Trinajstić information content (AvgIpc) is 3.22. The second-order valence-electron chi connectivity index (χ2n) is 7.35. The summed E-state index contributed by atoms with van der Waals surface area (Å²) in [5.41, 5.74) is 7.21. The van der Waals surface area contributed by atoms with Gasteiger partial charge >= 0.3 is 0 Å². The van der Waals surface area contributed by atoms with Gasteiger partial charge < -0.3 is 10.6 Å². The summed E-state index contributed by atoms with van der Waals surface area (Å²) in [4.78, 5) is 26.0. The number of carbonyl (C=O) groups excluding carboxylic acids is 2. The van der Waals surface area contributed by atoms with Crippen LogP contribution in [0.3, 0.4) is 0 Å². The predicted octanol–water partition coefficient (Wildman–Crippen LogP) is 3.40.